The van der Waals surface area contributed by atoms with Crippen LogP contribution in [0.3, 0.4) is 0 Å². The Balaban J connectivity index is 1.45. The van der Waals surface area contributed by atoms with Crippen molar-refractivity contribution >= 4 is 21.8 Å². The van der Waals surface area contributed by atoms with Crippen LogP contribution in [0.2, 0.25) is 0 Å². The van der Waals surface area contributed by atoms with Crippen LogP contribution < -0.4 is 0 Å². The fourth-order valence-corrected chi connectivity index (χ4v) is 5.43. The minimum absolute atomic E-state index is 0.0266. The van der Waals surface area contributed by atoms with Gasteiger partial charge in [-0.3, -0.25) is 15.0 Å². The van der Waals surface area contributed by atoms with Gasteiger partial charge in [0.05, 0.1) is 27.9 Å². The molecule has 1 amide bonds. The van der Waals surface area contributed by atoms with E-state index in [4.69, 9.17) is 4.74 Å². The molecule has 10 heteroatoms. The number of hydrogen-bond donors (Lipinski definition) is 0. The zero-order valence-corrected chi connectivity index (χ0v) is 16.8. The number of hydrogen-bond acceptors (Lipinski definition) is 6. The van der Waals surface area contributed by atoms with Crippen LogP contribution in [0.1, 0.15) is 12.5 Å². The molecular weight excluding hydrogens is 410 g/mol. The number of benzene rings is 2. The van der Waals surface area contributed by atoms with Crippen molar-refractivity contribution in [1.29, 1.82) is 0 Å². The summed E-state index contributed by atoms with van der Waals surface area (Å²) in [5.74, 6) is 0. The number of nitro benzene ring substituents is 1. The monoisotopic (exact) mass is 429 g/mol. The van der Waals surface area contributed by atoms with E-state index in [2.05, 4.69) is 0 Å². The Hall–Kier alpha value is -3.24. The molecule has 0 radical (unpaired) electrons. The molecule has 2 aliphatic heterocycles. The molecule has 4 atom stereocenters. The van der Waals surface area contributed by atoms with Crippen LogP contribution in [0, 0.1) is 10.1 Å². The van der Waals surface area contributed by atoms with Gasteiger partial charge >= 0.3 is 6.09 Å². The van der Waals surface area contributed by atoms with Crippen LogP contribution in [-0.4, -0.2) is 46.8 Å². The van der Waals surface area contributed by atoms with Gasteiger partial charge in [-0.25, -0.2) is 13.2 Å². The first-order valence-corrected chi connectivity index (χ1v) is 10.7. The molecule has 0 bridgehead atoms. The van der Waals surface area contributed by atoms with Crippen LogP contribution in [0.15, 0.2) is 71.8 Å². The molecule has 30 heavy (non-hydrogen) atoms. The van der Waals surface area contributed by atoms with E-state index in [1.54, 1.807) is 19.2 Å². The van der Waals surface area contributed by atoms with Crippen molar-refractivity contribution in [3.63, 3.8) is 0 Å². The lowest BCUT2D eigenvalue weighted by Crippen LogP contribution is -2.41. The lowest BCUT2D eigenvalue weighted by molar-refractivity contribution is -0.384. The molecule has 2 aromatic rings. The van der Waals surface area contributed by atoms with Gasteiger partial charge in [0.1, 0.15) is 6.61 Å². The zero-order valence-electron chi connectivity index (χ0n) is 16.0. The largest absolute Gasteiger partial charge is 0.444 e. The molecule has 4 rings (SSSR count). The van der Waals surface area contributed by atoms with E-state index >= 15 is 0 Å². The minimum Gasteiger partial charge on any atom is -0.444 e. The second-order valence-electron chi connectivity index (χ2n) is 7.10. The number of nitrogens with zero attached hydrogens (tertiary/aromatic N) is 3. The van der Waals surface area contributed by atoms with Crippen molar-refractivity contribution in [3.8, 4) is 0 Å². The fourth-order valence-electron chi connectivity index (χ4n) is 3.63. The quantitative estimate of drug-likeness (QED) is 0.411. The third kappa shape index (κ3) is 3.55. The third-order valence-corrected chi connectivity index (χ3v) is 7.17. The van der Waals surface area contributed by atoms with Crippen LogP contribution in [-0.2, 0) is 21.4 Å². The molecule has 0 saturated carbocycles. The second kappa shape index (κ2) is 7.54. The molecule has 0 N–H and O–H groups in total. The summed E-state index contributed by atoms with van der Waals surface area (Å²) in [5, 5.41) is 10.8. The normalized spacial score (nSPS) is 24.8. The first-order chi connectivity index (χ1) is 14.3. The zero-order chi connectivity index (χ0) is 21.5. The fraction of sp³-hybridized carbons (Fsp3) is 0.250. The summed E-state index contributed by atoms with van der Waals surface area (Å²) >= 11 is 0. The Morgan fingerprint density at radius 2 is 1.80 bits per heavy atom. The highest BCUT2D eigenvalue weighted by Crippen LogP contribution is 2.43. The van der Waals surface area contributed by atoms with Crippen LogP contribution in [0.25, 0.3) is 0 Å². The van der Waals surface area contributed by atoms with Crippen molar-refractivity contribution in [3.05, 3.63) is 82.6 Å². The Bertz CT molecular complexity index is 1100. The Morgan fingerprint density at radius 3 is 2.43 bits per heavy atom. The number of sulfonamides is 1. The molecule has 1 fully saturated rings. The highest BCUT2D eigenvalue weighted by atomic mass is 32.2. The summed E-state index contributed by atoms with van der Waals surface area (Å²) in [7, 11) is -3.85. The maximum Gasteiger partial charge on any atom is 0.414 e. The smallest absolute Gasteiger partial charge is 0.414 e. The van der Waals surface area contributed by atoms with Gasteiger partial charge in [0.2, 0.25) is 10.0 Å². The molecule has 2 heterocycles. The maximum atomic E-state index is 13.0. The van der Waals surface area contributed by atoms with Crippen molar-refractivity contribution in [1.82, 2.24) is 9.21 Å². The molecule has 2 aromatic carbocycles. The maximum absolute atomic E-state index is 13.0. The minimum atomic E-state index is -3.85. The van der Waals surface area contributed by atoms with Gasteiger partial charge < -0.3 is 4.74 Å². The predicted octanol–water partition coefficient (Wildman–Crippen LogP) is 2.89. The van der Waals surface area contributed by atoms with Gasteiger partial charge in [0.15, 0.2) is 0 Å². The van der Waals surface area contributed by atoms with Crippen molar-refractivity contribution < 1.29 is 22.9 Å². The first kappa shape index (κ1) is 20.0. The highest BCUT2D eigenvalue weighted by Gasteiger charge is 2.60. The van der Waals surface area contributed by atoms with E-state index in [1.807, 2.05) is 30.3 Å². The van der Waals surface area contributed by atoms with Crippen LogP contribution in [0.4, 0.5) is 10.5 Å². The van der Waals surface area contributed by atoms with Crippen molar-refractivity contribution in [2.75, 3.05) is 0 Å². The van der Waals surface area contributed by atoms with Gasteiger partial charge in [-0.2, -0.15) is 4.31 Å². The third-order valence-electron chi connectivity index (χ3n) is 5.26. The topological polar surface area (TPSA) is 110 Å². The standard InChI is InChI=1S/C20H19N3O6S/c1-14-19-18(11-12-21(14)20(24)29-13-15-5-3-2-4-6-15)22(19)30(27,28)17-9-7-16(8-10-17)23(25)26/h2-12,14,18-19H,13H2,1H3/t14-,18-,19+,22?/m1/s1. The Kier molecular flexibility index (Phi) is 5.04. The van der Waals surface area contributed by atoms with Gasteiger partial charge in [-0.05, 0) is 30.7 Å². The molecule has 1 saturated heterocycles. The predicted molar refractivity (Wildman–Crippen MR) is 107 cm³/mol. The molecule has 0 aromatic heterocycles. The summed E-state index contributed by atoms with van der Waals surface area (Å²) < 4.78 is 32.6. The van der Waals surface area contributed by atoms with E-state index in [-0.39, 0.29) is 23.2 Å². The summed E-state index contributed by atoms with van der Waals surface area (Å²) in [5.41, 5.74) is 0.670. The van der Waals surface area contributed by atoms with Crippen molar-refractivity contribution in [2.24, 2.45) is 0 Å². The Labute approximate surface area is 173 Å². The van der Waals surface area contributed by atoms with Gasteiger partial charge in [-0.1, -0.05) is 30.3 Å². The number of ether oxygens (including phenoxy) is 1. The van der Waals surface area contributed by atoms with Crippen LogP contribution >= 0.6 is 0 Å². The second-order valence-corrected chi connectivity index (χ2v) is 8.94. The number of carbonyl (C=O) groups is 1. The number of fused-ring (bicyclic) bond motifs is 1. The average molecular weight is 429 g/mol. The van der Waals surface area contributed by atoms with Gasteiger partial charge in [-0.15, -0.1) is 0 Å². The molecule has 2 aliphatic rings. The summed E-state index contributed by atoms with van der Waals surface area (Å²) in [4.78, 5) is 24.1. The highest BCUT2D eigenvalue weighted by molar-refractivity contribution is 7.89. The number of amides is 1. The Morgan fingerprint density at radius 1 is 1.13 bits per heavy atom. The lowest BCUT2D eigenvalue weighted by atomic mass is 10.1. The molecule has 0 aliphatic carbocycles. The average Bonchev–Trinajstić information content (AvgIpc) is 3.49. The number of rotatable bonds is 5. The van der Waals surface area contributed by atoms with E-state index in [0.717, 1.165) is 17.7 Å². The first-order valence-electron chi connectivity index (χ1n) is 9.26. The molecule has 9 nitrogen and oxygen atoms in total. The van der Waals surface area contributed by atoms with Crippen molar-refractivity contribution in [2.45, 2.75) is 36.6 Å². The number of nitro groups is 1. The van der Waals surface area contributed by atoms with Crippen LogP contribution in [0.5, 0.6) is 0 Å². The summed E-state index contributed by atoms with van der Waals surface area (Å²) in [6.07, 6.45) is 2.64. The molecular formula is C20H19N3O6S. The summed E-state index contributed by atoms with van der Waals surface area (Å²) in [6, 6.07) is 12.8. The van der Waals surface area contributed by atoms with E-state index < -0.39 is 33.1 Å². The number of carbonyl (C=O) groups excluding carboxylic acids is 1. The van der Waals surface area contributed by atoms with Gasteiger partial charge in [0, 0.05) is 18.3 Å². The van der Waals surface area contributed by atoms with E-state index in [9.17, 15) is 23.3 Å². The lowest BCUT2D eigenvalue weighted by Gasteiger charge is -2.26. The summed E-state index contributed by atoms with van der Waals surface area (Å²) in [6.45, 7) is 1.88. The number of non-ortho nitro benzene ring substituents is 1. The van der Waals surface area contributed by atoms with Gasteiger partial charge in [0.25, 0.3) is 5.69 Å². The molecule has 1 unspecified atom stereocenters. The molecule has 0 spiro atoms. The van der Waals surface area contributed by atoms with E-state index in [1.165, 1.54) is 21.3 Å². The molecule has 156 valence electrons. The SMILES string of the molecule is C[C@@H]1[C@H]2[C@@H](C=CN1C(=O)OCc1ccccc1)N2S(=O)(=O)c1ccc([N+](=O)[O-])cc1. The van der Waals surface area contributed by atoms with E-state index in [0.29, 0.717) is 0 Å².